The molecule has 8 nitrogen and oxygen atoms in total. The summed E-state index contributed by atoms with van der Waals surface area (Å²) in [6.45, 7) is 0. The van der Waals surface area contributed by atoms with Crippen LogP contribution in [0.15, 0.2) is 71.4 Å². The Morgan fingerprint density at radius 3 is 2.39 bits per heavy atom. The van der Waals surface area contributed by atoms with E-state index in [-0.39, 0.29) is 6.04 Å². The highest BCUT2D eigenvalue weighted by atomic mass is 35.5. The Balaban J connectivity index is 1.61. The second-order valence-electron chi connectivity index (χ2n) is 8.75. The van der Waals surface area contributed by atoms with E-state index in [1.54, 1.807) is 21.3 Å². The van der Waals surface area contributed by atoms with Crippen molar-refractivity contribution in [1.82, 2.24) is 14.8 Å². The molecule has 6 rings (SSSR count). The lowest BCUT2D eigenvalue weighted by Gasteiger charge is -2.39. The van der Waals surface area contributed by atoms with Gasteiger partial charge in [0, 0.05) is 21.7 Å². The first-order chi connectivity index (χ1) is 18.5. The minimum absolute atomic E-state index is 0.314. The molecule has 10 heteroatoms. The van der Waals surface area contributed by atoms with Gasteiger partial charge in [-0.05, 0) is 54.3 Å². The first-order valence-corrected chi connectivity index (χ1v) is 13.5. The number of halogens is 1. The summed E-state index contributed by atoms with van der Waals surface area (Å²) in [5.74, 6) is 3.40. The highest BCUT2D eigenvalue weighted by Crippen LogP contribution is 2.52. The van der Waals surface area contributed by atoms with Crippen LogP contribution in [0, 0.1) is 0 Å². The van der Waals surface area contributed by atoms with Crippen LogP contribution in [-0.2, 0) is 0 Å². The molecule has 0 spiro atoms. The van der Waals surface area contributed by atoms with Crippen molar-refractivity contribution in [3.63, 3.8) is 0 Å². The van der Waals surface area contributed by atoms with Crippen LogP contribution in [0.4, 0.5) is 5.95 Å². The van der Waals surface area contributed by atoms with E-state index < -0.39 is 6.10 Å². The maximum absolute atomic E-state index is 6.72. The molecule has 1 aromatic heterocycles. The summed E-state index contributed by atoms with van der Waals surface area (Å²) in [6, 6.07) is 19.1. The summed E-state index contributed by atoms with van der Waals surface area (Å²) < 4.78 is 25.2. The minimum atomic E-state index is -0.465. The van der Waals surface area contributed by atoms with Crippen molar-refractivity contribution in [2.75, 3.05) is 32.9 Å². The monoisotopic (exact) mass is 548 g/mol. The van der Waals surface area contributed by atoms with E-state index in [0.717, 1.165) is 33.7 Å². The fourth-order valence-electron chi connectivity index (χ4n) is 4.97. The number of nitrogens with one attached hydrogen (secondary N) is 1. The van der Waals surface area contributed by atoms with Crippen LogP contribution in [0.3, 0.4) is 0 Å². The SMILES string of the molecule is COc1ccc([C@H]2C3=C(Nc4nc(SC)nn42)c2cc(Cl)ccc2O[C@@H]3c2ccc(OC)c(OC)c2)cc1. The van der Waals surface area contributed by atoms with Crippen LogP contribution < -0.4 is 24.3 Å². The summed E-state index contributed by atoms with van der Waals surface area (Å²) >= 11 is 7.95. The van der Waals surface area contributed by atoms with Crippen molar-refractivity contribution in [1.29, 1.82) is 0 Å². The third kappa shape index (κ3) is 4.02. The van der Waals surface area contributed by atoms with E-state index in [2.05, 4.69) is 5.32 Å². The van der Waals surface area contributed by atoms with Crippen LogP contribution in [0.5, 0.6) is 23.0 Å². The lowest BCUT2D eigenvalue weighted by Crippen LogP contribution is -2.32. The van der Waals surface area contributed by atoms with Gasteiger partial charge in [-0.2, -0.15) is 4.98 Å². The van der Waals surface area contributed by atoms with Crippen molar-refractivity contribution < 1.29 is 18.9 Å². The zero-order chi connectivity index (χ0) is 26.4. The van der Waals surface area contributed by atoms with Crippen molar-refractivity contribution in [2.24, 2.45) is 0 Å². The molecule has 0 bridgehead atoms. The fraction of sp³-hybridized carbons (Fsp3) is 0.214. The second kappa shape index (κ2) is 9.81. The number of methoxy groups -OCH3 is 3. The molecule has 2 aliphatic heterocycles. The quantitative estimate of drug-likeness (QED) is 0.284. The highest BCUT2D eigenvalue weighted by Gasteiger charge is 2.41. The number of benzene rings is 3. The van der Waals surface area contributed by atoms with E-state index in [0.29, 0.717) is 33.4 Å². The van der Waals surface area contributed by atoms with Gasteiger partial charge in [0.05, 0.1) is 27.0 Å². The normalized spacial score (nSPS) is 17.5. The van der Waals surface area contributed by atoms with Crippen molar-refractivity contribution >= 4 is 35.0 Å². The molecule has 0 saturated carbocycles. The topological polar surface area (TPSA) is 79.7 Å². The number of anilines is 1. The summed E-state index contributed by atoms with van der Waals surface area (Å²) in [5, 5.41) is 9.67. The molecule has 1 N–H and O–H groups in total. The van der Waals surface area contributed by atoms with Gasteiger partial charge in [0.1, 0.15) is 23.6 Å². The Hall–Kier alpha value is -3.82. The lowest BCUT2D eigenvalue weighted by atomic mass is 9.84. The molecular weight excluding hydrogens is 524 g/mol. The minimum Gasteiger partial charge on any atom is -0.497 e. The molecule has 0 fully saturated rings. The maximum atomic E-state index is 6.72. The van der Waals surface area contributed by atoms with Gasteiger partial charge in [-0.3, -0.25) is 0 Å². The van der Waals surface area contributed by atoms with Crippen LogP contribution in [-0.4, -0.2) is 42.3 Å². The zero-order valence-corrected chi connectivity index (χ0v) is 22.8. The molecule has 0 aliphatic carbocycles. The van der Waals surface area contributed by atoms with Crippen LogP contribution in [0.25, 0.3) is 5.70 Å². The molecule has 3 heterocycles. The third-order valence-corrected chi connectivity index (χ3v) is 7.51. The van der Waals surface area contributed by atoms with E-state index in [1.165, 1.54) is 11.8 Å². The maximum Gasteiger partial charge on any atom is 0.227 e. The lowest BCUT2D eigenvalue weighted by molar-refractivity contribution is 0.222. The van der Waals surface area contributed by atoms with E-state index >= 15 is 0 Å². The molecule has 4 aromatic rings. The predicted octanol–water partition coefficient (Wildman–Crippen LogP) is 6.24. The average molecular weight is 549 g/mol. The van der Waals surface area contributed by atoms with Gasteiger partial charge < -0.3 is 24.3 Å². The summed E-state index contributed by atoms with van der Waals surface area (Å²) in [6.07, 6.45) is 1.50. The highest BCUT2D eigenvalue weighted by molar-refractivity contribution is 7.98. The molecule has 0 radical (unpaired) electrons. The van der Waals surface area contributed by atoms with Gasteiger partial charge >= 0.3 is 0 Å². The zero-order valence-electron chi connectivity index (χ0n) is 21.2. The van der Waals surface area contributed by atoms with Crippen molar-refractivity contribution in [3.05, 3.63) is 87.9 Å². The van der Waals surface area contributed by atoms with Crippen LogP contribution in [0.1, 0.15) is 28.8 Å². The number of thioether (sulfide) groups is 1. The predicted molar refractivity (Wildman–Crippen MR) is 148 cm³/mol. The summed E-state index contributed by atoms with van der Waals surface area (Å²) in [5.41, 5.74) is 4.65. The fourth-order valence-corrected chi connectivity index (χ4v) is 5.49. The van der Waals surface area contributed by atoms with E-state index in [9.17, 15) is 0 Å². The largest absolute Gasteiger partial charge is 0.497 e. The van der Waals surface area contributed by atoms with Crippen LogP contribution >= 0.6 is 23.4 Å². The molecule has 0 amide bonds. The van der Waals surface area contributed by atoms with Gasteiger partial charge in [0.15, 0.2) is 11.5 Å². The standard InChI is InChI=1S/C28H25ClN4O4S/c1-34-18-9-5-15(6-10-18)25-23-24(30-27-31-28(38-4)32-33(25)27)19-14-17(29)8-12-20(19)37-26(23)16-7-11-21(35-2)22(13-16)36-3/h5-14,25-26H,1-4H3,(H,30,31,32)/t25-,26+/m0/s1. The molecule has 0 unspecified atom stereocenters. The van der Waals surface area contributed by atoms with Gasteiger partial charge in [-0.15, -0.1) is 5.10 Å². The Labute approximate surface area is 229 Å². The molecule has 3 aromatic carbocycles. The van der Waals surface area contributed by atoms with Crippen molar-refractivity contribution in [2.45, 2.75) is 17.3 Å². The first kappa shape index (κ1) is 24.5. The van der Waals surface area contributed by atoms with E-state index in [1.807, 2.05) is 71.6 Å². The van der Waals surface area contributed by atoms with Gasteiger partial charge in [-0.25, -0.2) is 4.68 Å². The molecule has 194 valence electrons. The first-order valence-electron chi connectivity index (χ1n) is 11.9. The molecular formula is C28H25ClN4O4S. The number of hydrogen-bond donors (Lipinski definition) is 1. The second-order valence-corrected chi connectivity index (χ2v) is 9.96. The Kier molecular flexibility index (Phi) is 6.33. The smallest absolute Gasteiger partial charge is 0.227 e. The Bertz CT molecular complexity index is 1550. The number of hydrogen-bond acceptors (Lipinski definition) is 8. The number of nitrogens with zero attached hydrogens (tertiary/aromatic N) is 3. The van der Waals surface area contributed by atoms with E-state index in [4.69, 9.17) is 40.6 Å². The number of ether oxygens (including phenoxy) is 4. The van der Waals surface area contributed by atoms with Gasteiger partial charge in [0.25, 0.3) is 0 Å². The molecule has 0 saturated heterocycles. The average Bonchev–Trinajstić information content (AvgIpc) is 3.38. The molecule has 38 heavy (non-hydrogen) atoms. The molecule has 2 atom stereocenters. The van der Waals surface area contributed by atoms with Gasteiger partial charge in [-0.1, -0.05) is 41.6 Å². The molecule has 2 aliphatic rings. The number of rotatable bonds is 6. The van der Waals surface area contributed by atoms with Gasteiger partial charge in [0.2, 0.25) is 11.1 Å². The summed E-state index contributed by atoms with van der Waals surface area (Å²) in [7, 11) is 4.90. The number of aromatic nitrogens is 3. The Morgan fingerprint density at radius 2 is 1.68 bits per heavy atom. The number of fused-ring (bicyclic) bond motifs is 3. The third-order valence-electron chi connectivity index (χ3n) is 6.74. The summed E-state index contributed by atoms with van der Waals surface area (Å²) in [4.78, 5) is 4.75. The van der Waals surface area contributed by atoms with Crippen LogP contribution in [0.2, 0.25) is 5.02 Å². The Morgan fingerprint density at radius 1 is 0.921 bits per heavy atom. The van der Waals surface area contributed by atoms with Crippen molar-refractivity contribution in [3.8, 4) is 23.0 Å².